The van der Waals surface area contributed by atoms with Crippen molar-refractivity contribution in [3.05, 3.63) is 58.6 Å². The molecule has 1 N–H and O–H groups in total. The second kappa shape index (κ2) is 9.06. The van der Waals surface area contributed by atoms with Gasteiger partial charge in [-0.2, -0.15) is 4.37 Å². The van der Waals surface area contributed by atoms with Crippen LogP contribution in [0.5, 0.6) is 0 Å². The Morgan fingerprint density at radius 3 is 2.48 bits per heavy atom. The van der Waals surface area contributed by atoms with Crippen molar-refractivity contribution < 1.29 is 5.11 Å². The summed E-state index contributed by atoms with van der Waals surface area (Å²) >= 11 is 7.54. The molecular formula is C22H27ClN6OS. The number of aromatic nitrogens is 4. The molecule has 1 fully saturated rings. The molecule has 9 heteroatoms. The van der Waals surface area contributed by atoms with Crippen molar-refractivity contribution >= 4 is 34.2 Å². The zero-order chi connectivity index (χ0) is 22.0. The fourth-order valence-corrected chi connectivity index (χ4v) is 4.61. The molecule has 1 saturated heterocycles. The molecule has 31 heavy (non-hydrogen) atoms. The molecule has 164 valence electrons. The van der Waals surface area contributed by atoms with E-state index in [1.807, 2.05) is 31.2 Å². The van der Waals surface area contributed by atoms with Crippen LogP contribution in [0.15, 0.2) is 36.5 Å². The highest BCUT2D eigenvalue weighted by atomic mass is 35.5. The summed E-state index contributed by atoms with van der Waals surface area (Å²) in [6.07, 6.45) is 3.65. The molecule has 1 aliphatic heterocycles. The van der Waals surface area contributed by atoms with Crippen molar-refractivity contribution in [2.45, 2.75) is 51.8 Å². The zero-order valence-electron chi connectivity index (χ0n) is 18.0. The first-order valence-electron chi connectivity index (χ1n) is 10.4. The van der Waals surface area contributed by atoms with E-state index in [2.05, 4.69) is 24.1 Å². The number of rotatable bonds is 6. The Hall–Kier alpha value is -2.29. The lowest BCUT2D eigenvalue weighted by Gasteiger charge is -2.38. The molecule has 0 saturated carbocycles. The van der Waals surface area contributed by atoms with Crippen molar-refractivity contribution in [1.29, 1.82) is 0 Å². The smallest absolute Gasteiger partial charge is 0.226 e. The SMILES string of the molecule is Cc1nsc(N2CCC(N(Cc3ccc(Cl)cc3)c3nccc(C(C)(C)O)n3)CC2)n1. The van der Waals surface area contributed by atoms with Crippen molar-refractivity contribution in [1.82, 2.24) is 19.3 Å². The highest BCUT2D eigenvalue weighted by Crippen LogP contribution is 2.28. The van der Waals surface area contributed by atoms with Gasteiger partial charge in [0.15, 0.2) is 0 Å². The summed E-state index contributed by atoms with van der Waals surface area (Å²) < 4.78 is 4.31. The van der Waals surface area contributed by atoms with E-state index < -0.39 is 5.60 Å². The van der Waals surface area contributed by atoms with Crippen molar-refractivity contribution in [3.63, 3.8) is 0 Å². The number of anilines is 2. The van der Waals surface area contributed by atoms with Gasteiger partial charge in [-0.1, -0.05) is 23.7 Å². The zero-order valence-corrected chi connectivity index (χ0v) is 19.6. The quantitative estimate of drug-likeness (QED) is 0.593. The van der Waals surface area contributed by atoms with Crippen molar-refractivity contribution in [3.8, 4) is 0 Å². The fourth-order valence-electron chi connectivity index (χ4n) is 3.76. The Morgan fingerprint density at radius 2 is 1.87 bits per heavy atom. The van der Waals surface area contributed by atoms with Crippen LogP contribution in [-0.4, -0.2) is 43.6 Å². The van der Waals surface area contributed by atoms with E-state index in [9.17, 15) is 5.11 Å². The standard InChI is InChI=1S/C22H27ClN6OS/c1-15-25-21(31-27-15)28-12-9-18(10-13-28)29(14-16-4-6-17(23)7-5-16)20-24-11-8-19(26-20)22(2,3)30/h4-8,11,18,30H,9-10,12-14H2,1-3H3. The van der Waals surface area contributed by atoms with Crippen molar-refractivity contribution in [2.24, 2.45) is 0 Å². The summed E-state index contributed by atoms with van der Waals surface area (Å²) in [4.78, 5) is 18.4. The van der Waals surface area contributed by atoms with Crippen LogP contribution in [0, 0.1) is 6.92 Å². The lowest BCUT2D eigenvalue weighted by molar-refractivity contribution is 0.0737. The third-order valence-electron chi connectivity index (χ3n) is 5.49. The molecule has 7 nitrogen and oxygen atoms in total. The van der Waals surface area contributed by atoms with Crippen LogP contribution in [-0.2, 0) is 12.1 Å². The highest BCUT2D eigenvalue weighted by molar-refractivity contribution is 7.09. The van der Waals surface area contributed by atoms with Gasteiger partial charge in [-0.05, 0) is 57.4 Å². The van der Waals surface area contributed by atoms with Gasteiger partial charge >= 0.3 is 0 Å². The van der Waals surface area contributed by atoms with Crippen molar-refractivity contribution in [2.75, 3.05) is 22.9 Å². The molecule has 0 aliphatic carbocycles. The molecule has 1 aromatic carbocycles. The van der Waals surface area contributed by atoms with E-state index in [4.69, 9.17) is 16.6 Å². The van der Waals surface area contributed by atoms with Crippen LogP contribution in [0.2, 0.25) is 5.02 Å². The number of hydrogen-bond acceptors (Lipinski definition) is 8. The van der Waals surface area contributed by atoms with Gasteiger partial charge in [0.05, 0.1) is 5.69 Å². The predicted molar refractivity (Wildman–Crippen MR) is 125 cm³/mol. The molecule has 3 heterocycles. The van der Waals surface area contributed by atoms with Gasteiger partial charge in [-0.15, -0.1) is 0 Å². The number of benzene rings is 1. The fraction of sp³-hybridized carbons (Fsp3) is 0.455. The van der Waals surface area contributed by atoms with Gasteiger partial charge in [-0.25, -0.2) is 15.0 Å². The molecule has 0 radical (unpaired) electrons. The summed E-state index contributed by atoms with van der Waals surface area (Å²) in [5.74, 6) is 1.46. The summed E-state index contributed by atoms with van der Waals surface area (Å²) in [5.41, 5.74) is 0.729. The maximum Gasteiger partial charge on any atom is 0.226 e. The van der Waals surface area contributed by atoms with Crippen LogP contribution in [0.1, 0.15) is 43.8 Å². The molecule has 0 bridgehead atoms. The number of piperidine rings is 1. The van der Waals surface area contributed by atoms with Gasteiger partial charge in [0.2, 0.25) is 11.1 Å². The minimum absolute atomic E-state index is 0.276. The monoisotopic (exact) mass is 458 g/mol. The third kappa shape index (κ3) is 5.31. The Bertz CT molecular complexity index is 1010. The number of hydrogen-bond donors (Lipinski definition) is 1. The Kier molecular flexibility index (Phi) is 6.41. The summed E-state index contributed by atoms with van der Waals surface area (Å²) in [7, 11) is 0. The molecule has 0 unspecified atom stereocenters. The number of aliphatic hydroxyl groups is 1. The first-order chi connectivity index (χ1) is 14.8. The summed E-state index contributed by atoms with van der Waals surface area (Å²) in [6, 6.07) is 9.93. The molecule has 0 spiro atoms. The lowest BCUT2D eigenvalue weighted by atomic mass is 10.0. The van der Waals surface area contributed by atoms with Gasteiger partial charge < -0.3 is 14.9 Å². The Labute approximate surface area is 191 Å². The van der Waals surface area contributed by atoms with E-state index in [1.54, 1.807) is 26.1 Å². The second-order valence-corrected chi connectivity index (χ2v) is 9.56. The van der Waals surface area contributed by atoms with E-state index in [0.29, 0.717) is 18.2 Å². The minimum atomic E-state index is -1.03. The van der Waals surface area contributed by atoms with Crippen LogP contribution < -0.4 is 9.80 Å². The van der Waals surface area contributed by atoms with Crippen LogP contribution >= 0.6 is 23.1 Å². The number of aryl methyl sites for hydroxylation is 1. The predicted octanol–water partition coefficient (Wildman–Crippen LogP) is 4.19. The molecule has 0 amide bonds. The van der Waals surface area contributed by atoms with Gasteiger partial charge in [-0.3, -0.25) is 0 Å². The van der Waals surface area contributed by atoms with E-state index in [1.165, 1.54) is 11.5 Å². The highest BCUT2D eigenvalue weighted by Gasteiger charge is 2.29. The average Bonchev–Trinajstić information content (AvgIpc) is 3.19. The molecule has 0 atom stereocenters. The largest absolute Gasteiger partial charge is 0.384 e. The average molecular weight is 459 g/mol. The molecule has 2 aromatic heterocycles. The van der Waals surface area contributed by atoms with Crippen LogP contribution in [0.4, 0.5) is 11.1 Å². The molecule has 4 rings (SSSR count). The van der Waals surface area contributed by atoms with Gasteiger partial charge in [0.25, 0.3) is 0 Å². The maximum atomic E-state index is 10.4. The first kappa shape index (κ1) is 21.9. The van der Waals surface area contributed by atoms with Gasteiger partial charge in [0.1, 0.15) is 11.4 Å². The van der Waals surface area contributed by atoms with Crippen LogP contribution in [0.25, 0.3) is 0 Å². The topological polar surface area (TPSA) is 78.3 Å². The Morgan fingerprint density at radius 1 is 1.16 bits per heavy atom. The lowest BCUT2D eigenvalue weighted by Crippen LogP contribution is -2.45. The number of halogens is 1. The molecular weight excluding hydrogens is 432 g/mol. The first-order valence-corrected chi connectivity index (χ1v) is 11.6. The maximum absolute atomic E-state index is 10.4. The third-order valence-corrected chi connectivity index (χ3v) is 6.61. The van der Waals surface area contributed by atoms with Crippen LogP contribution in [0.3, 0.4) is 0 Å². The molecule has 3 aromatic rings. The van der Waals surface area contributed by atoms with E-state index >= 15 is 0 Å². The normalized spacial score (nSPS) is 15.3. The van der Waals surface area contributed by atoms with Gasteiger partial charge in [0, 0.05) is 48.4 Å². The van der Waals surface area contributed by atoms with E-state index in [0.717, 1.165) is 47.5 Å². The molecule has 1 aliphatic rings. The number of nitrogens with zero attached hydrogens (tertiary/aromatic N) is 6. The summed E-state index contributed by atoms with van der Waals surface area (Å²) in [5, 5.41) is 12.2. The second-order valence-electron chi connectivity index (χ2n) is 8.40. The Balaban J connectivity index is 1.58. The summed E-state index contributed by atoms with van der Waals surface area (Å²) in [6.45, 7) is 7.89. The van der Waals surface area contributed by atoms with E-state index in [-0.39, 0.29) is 6.04 Å². The minimum Gasteiger partial charge on any atom is -0.384 e.